The van der Waals surface area contributed by atoms with Gasteiger partial charge in [-0.15, -0.1) is 0 Å². The van der Waals surface area contributed by atoms with Gasteiger partial charge in [0.15, 0.2) is 0 Å². The van der Waals surface area contributed by atoms with Crippen LogP contribution in [0.15, 0.2) is 54.9 Å². The van der Waals surface area contributed by atoms with E-state index in [1.807, 2.05) is 13.0 Å². The second kappa shape index (κ2) is 7.79. The van der Waals surface area contributed by atoms with Crippen LogP contribution in [0.5, 0.6) is 11.8 Å². The van der Waals surface area contributed by atoms with Crippen molar-refractivity contribution in [2.45, 2.75) is 6.92 Å². The summed E-state index contributed by atoms with van der Waals surface area (Å²) >= 11 is 8.02. The molecular weight excluding hydrogens is 453 g/mol. The number of anilines is 1. The molecule has 0 spiro atoms. The summed E-state index contributed by atoms with van der Waals surface area (Å²) in [4.78, 5) is 20.5. The molecule has 2 aromatic carbocycles. The molecule has 0 fully saturated rings. The monoisotopic (exact) mass is 465 g/mol. The highest BCUT2D eigenvalue weighted by molar-refractivity contribution is 14.1. The Hall–Kier alpha value is -2.19. The van der Waals surface area contributed by atoms with E-state index >= 15 is 0 Å². The van der Waals surface area contributed by atoms with Crippen LogP contribution in [0.4, 0.5) is 5.69 Å². The number of nitrogens with zero attached hydrogens (tertiary/aromatic N) is 2. The Kier molecular flexibility index (Phi) is 5.50. The maximum Gasteiger partial charge on any atom is 0.321 e. The number of amides is 1. The fraction of sp³-hybridized carbons (Fsp3) is 0.0556. The normalized spacial score (nSPS) is 10.4. The lowest BCUT2D eigenvalue weighted by Gasteiger charge is -2.11. The summed E-state index contributed by atoms with van der Waals surface area (Å²) in [6.45, 7) is 1.89. The van der Waals surface area contributed by atoms with Crippen LogP contribution in [0.1, 0.15) is 15.9 Å². The van der Waals surface area contributed by atoms with Gasteiger partial charge in [0.25, 0.3) is 5.91 Å². The first-order valence-corrected chi connectivity index (χ1v) is 8.80. The van der Waals surface area contributed by atoms with E-state index in [0.717, 1.165) is 9.13 Å². The van der Waals surface area contributed by atoms with Crippen LogP contribution >= 0.6 is 34.2 Å². The first kappa shape index (κ1) is 17.6. The lowest BCUT2D eigenvalue weighted by molar-refractivity contribution is 0.102. The van der Waals surface area contributed by atoms with E-state index < -0.39 is 0 Å². The fourth-order valence-electron chi connectivity index (χ4n) is 2.15. The summed E-state index contributed by atoms with van der Waals surface area (Å²) in [5.41, 5.74) is 2.14. The molecule has 0 unspecified atom stereocenters. The molecule has 1 N–H and O–H groups in total. The molecule has 1 aromatic heterocycles. The second-order valence-corrected chi connectivity index (χ2v) is 6.79. The van der Waals surface area contributed by atoms with Crippen molar-refractivity contribution in [3.63, 3.8) is 0 Å². The Morgan fingerprint density at radius 2 is 1.92 bits per heavy atom. The third-order valence-corrected chi connectivity index (χ3v) is 4.50. The molecule has 0 radical (unpaired) electrons. The van der Waals surface area contributed by atoms with Gasteiger partial charge in [-0.3, -0.25) is 4.79 Å². The number of carbonyl (C=O) groups excluding carboxylic acids is 1. The number of rotatable bonds is 4. The van der Waals surface area contributed by atoms with Gasteiger partial charge in [-0.2, -0.15) is 0 Å². The zero-order valence-electron chi connectivity index (χ0n) is 13.2. The van der Waals surface area contributed by atoms with Crippen LogP contribution in [0.25, 0.3) is 0 Å². The summed E-state index contributed by atoms with van der Waals surface area (Å²) in [7, 11) is 0. The van der Waals surface area contributed by atoms with Crippen molar-refractivity contribution in [1.82, 2.24) is 9.97 Å². The molecule has 0 atom stereocenters. The maximum absolute atomic E-state index is 12.5. The highest BCUT2D eigenvalue weighted by Gasteiger charge is 2.12. The molecule has 0 aliphatic carbocycles. The lowest BCUT2D eigenvalue weighted by Crippen LogP contribution is -2.14. The Balaban J connectivity index is 1.76. The van der Waals surface area contributed by atoms with Crippen LogP contribution in [-0.2, 0) is 0 Å². The molecule has 3 aromatic rings. The van der Waals surface area contributed by atoms with Gasteiger partial charge in [0, 0.05) is 26.7 Å². The second-order valence-electron chi connectivity index (χ2n) is 5.19. The van der Waals surface area contributed by atoms with E-state index in [-0.39, 0.29) is 11.9 Å². The number of aromatic nitrogens is 2. The fourth-order valence-corrected chi connectivity index (χ4v) is 3.26. The summed E-state index contributed by atoms with van der Waals surface area (Å²) in [6, 6.07) is 12.5. The molecule has 3 rings (SSSR count). The molecule has 25 heavy (non-hydrogen) atoms. The van der Waals surface area contributed by atoms with Crippen molar-refractivity contribution in [2.75, 3.05) is 5.32 Å². The first-order chi connectivity index (χ1) is 12.0. The van der Waals surface area contributed by atoms with Crippen LogP contribution in [0.2, 0.25) is 5.02 Å². The number of halogens is 2. The molecule has 7 heteroatoms. The summed E-state index contributed by atoms with van der Waals surface area (Å²) in [5.74, 6) is 0.409. The molecular formula is C18H13ClIN3O2. The average molecular weight is 466 g/mol. The minimum atomic E-state index is -0.191. The van der Waals surface area contributed by atoms with E-state index in [4.69, 9.17) is 16.3 Å². The smallest absolute Gasteiger partial charge is 0.321 e. The van der Waals surface area contributed by atoms with Crippen LogP contribution in [0.3, 0.4) is 0 Å². The largest absolute Gasteiger partial charge is 0.424 e. The molecule has 0 aliphatic rings. The zero-order valence-corrected chi connectivity index (χ0v) is 16.1. The molecule has 0 saturated heterocycles. The van der Waals surface area contributed by atoms with Crippen molar-refractivity contribution >= 4 is 45.8 Å². The number of ether oxygens (including phenoxy) is 1. The van der Waals surface area contributed by atoms with Crippen molar-refractivity contribution in [3.05, 3.63) is 74.6 Å². The predicted octanol–water partition coefficient (Wildman–Crippen LogP) is 5.09. The third kappa shape index (κ3) is 4.46. The van der Waals surface area contributed by atoms with Crippen molar-refractivity contribution < 1.29 is 9.53 Å². The standard InChI is InChI=1S/C18H13ClIN3O2/c1-11-9-13(25-18-21-7-2-8-22-18)4-6-16(11)23-17(24)14-5-3-12(19)10-15(14)20/h2-10H,1H3,(H,23,24). The van der Waals surface area contributed by atoms with Crippen molar-refractivity contribution in [2.24, 2.45) is 0 Å². The number of hydrogen-bond donors (Lipinski definition) is 1. The highest BCUT2D eigenvalue weighted by atomic mass is 127. The minimum Gasteiger partial charge on any atom is -0.424 e. The van der Waals surface area contributed by atoms with Gasteiger partial charge >= 0.3 is 6.01 Å². The quantitative estimate of drug-likeness (QED) is 0.545. The number of nitrogens with one attached hydrogen (secondary N) is 1. The molecule has 0 aliphatic heterocycles. The summed E-state index contributed by atoms with van der Waals surface area (Å²) in [5, 5.41) is 3.50. The van der Waals surface area contributed by atoms with Gasteiger partial charge in [-0.25, -0.2) is 9.97 Å². The van der Waals surface area contributed by atoms with Crippen molar-refractivity contribution in [1.29, 1.82) is 0 Å². The van der Waals surface area contributed by atoms with E-state index in [9.17, 15) is 4.79 Å². The Bertz CT molecular complexity index is 919. The number of aryl methyl sites for hydroxylation is 1. The van der Waals surface area contributed by atoms with E-state index in [1.165, 1.54) is 0 Å². The average Bonchev–Trinajstić information content (AvgIpc) is 2.58. The van der Waals surface area contributed by atoms with Crippen molar-refractivity contribution in [3.8, 4) is 11.8 Å². The Labute approximate surface area is 163 Å². The molecule has 0 bridgehead atoms. The van der Waals surface area contributed by atoms with Crippen LogP contribution < -0.4 is 10.1 Å². The predicted molar refractivity (Wildman–Crippen MR) is 105 cm³/mol. The summed E-state index contributed by atoms with van der Waals surface area (Å²) < 4.78 is 6.38. The van der Waals surface area contributed by atoms with Crippen LogP contribution in [-0.4, -0.2) is 15.9 Å². The van der Waals surface area contributed by atoms with Gasteiger partial charge in [-0.05, 0) is 77.5 Å². The Morgan fingerprint density at radius 1 is 1.16 bits per heavy atom. The number of benzene rings is 2. The van der Waals surface area contributed by atoms with Gasteiger partial charge in [-0.1, -0.05) is 11.6 Å². The minimum absolute atomic E-state index is 0.191. The molecule has 1 heterocycles. The molecule has 0 saturated carbocycles. The third-order valence-electron chi connectivity index (χ3n) is 3.37. The first-order valence-electron chi connectivity index (χ1n) is 7.35. The van der Waals surface area contributed by atoms with E-state index in [2.05, 4.69) is 37.9 Å². The van der Waals surface area contributed by atoms with Gasteiger partial charge in [0.2, 0.25) is 0 Å². The van der Waals surface area contributed by atoms with E-state index in [0.29, 0.717) is 22.0 Å². The SMILES string of the molecule is Cc1cc(Oc2ncccn2)ccc1NC(=O)c1ccc(Cl)cc1I. The molecule has 5 nitrogen and oxygen atoms in total. The van der Waals surface area contributed by atoms with E-state index in [1.54, 1.807) is 48.8 Å². The van der Waals surface area contributed by atoms with Gasteiger partial charge in [0.1, 0.15) is 5.75 Å². The number of hydrogen-bond acceptors (Lipinski definition) is 4. The highest BCUT2D eigenvalue weighted by Crippen LogP contribution is 2.25. The Morgan fingerprint density at radius 3 is 2.60 bits per heavy atom. The lowest BCUT2D eigenvalue weighted by atomic mass is 10.1. The van der Waals surface area contributed by atoms with Gasteiger partial charge < -0.3 is 10.1 Å². The maximum atomic E-state index is 12.5. The summed E-state index contributed by atoms with van der Waals surface area (Å²) in [6.07, 6.45) is 3.22. The molecule has 126 valence electrons. The topological polar surface area (TPSA) is 64.1 Å². The number of carbonyl (C=O) groups is 1. The zero-order chi connectivity index (χ0) is 17.8. The van der Waals surface area contributed by atoms with Gasteiger partial charge in [0.05, 0.1) is 5.56 Å². The molecule has 1 amide bonds. The van der Waals surface area contributed by atoms with Crippen LogP contribution in [0, 0.1) is 10.5 Å².